The molecule has 0 radical (unpaired) electrons. The first-order valence-electron chi connectivity index (χ1n) is 16.5. The Balaban J connectivity index is 1.62. The molecule has 1 aliphatic rings. The molecule has 1 fully saturated rings. The molecular formula is C36H49N3O8S2. The van der Waals surface area contributed by atoms with Crippen LogP contribution in [0, 0.1) is 11.8 Å². The van der Waals surface area contributed by atoms with Crippen LogP contribution in [0.25, 0.3) is 10.8 Å². The number of fused-ring (bicyclic) bond motifs is 1. The number of ether oxygens (including phenoxy) is 1. The summed E-state index contributed by atoms with van der Waals surface area (Å²) >= 11 is 0. The first kappa shape index (κ1) is 38.4. The Bertz CT molecular complexity index is 1810. The molecule has 0 bridgehead atoms. The number of carbonyl (C=O) groups is 2. The van der Waals surface area contributed by atoms with Crippen LogP contribution in [0.4, 0.5) is 0 Å². The number of hydrogen-bond donors (Lipinski definition) is 4. The lowest BCUT2D eigenvalue weighted by Crippen LogP contribution is -2.55. The second-order valence-electron chi connectivity index (χ2n) is 14.1. The van der Waals surface area contributed by atoms with Crippen LogP contribution in [-0.2, 0) is 40.6 Å². The van der Waals surface area contributed by atoms with E-state index in [0.29, 0.717) is 30.0 Å². The third kappa shape index (κ3) is 11.1. The van der Waals surface area contributed by atoms with Crippen molar-refractivity contribution in [1.29, 1.82) is 0 Å². The Morgan fingerprint density at radius 2 is 1.59 bits per heavy atom. The Kier molecular flexibility index (Phi) is 12.6. The zero-order valence-electron chi connectivity index (χ0n) is 28.8. The molecule has 11 nitrogen and oxygen atoms in total. The molecule has 3 aromatic rings. The number of sulfone groups is 1. The van der Waals surface area contributed by atoms with Gasteiger partial charge in [0.2, 0.25) is 21.8 Å². The van der Waals surface area contributed by atoms with Crippen LogP contribution < -0.4 is 15.4 Å². The van der Waals surface area contributed by atoms with Crippen molar-refractivity contribution in [2.45, 2.75) is 87.6 Å². The standard InChI is InChI=1S/C36H49N3O8S2/c1-36(2,3)38-34(41)29-22-27(47-4)19-18-26(29)21-32(40)30(20-24-12-7-6-8-13-24)37-35(42)31(39-48(5,43)44)23-49(45,46)33-17-11-15-25-14-9-10-16-28(25)33/h6-17,26-27,29-32,39-40H,18-23H2,1-5H3,(H,37,42)(H,38,41)/t26?,27?,29?,30-,31+,32+/m0/s1. The van der Waals surface area contributed by atoms with Crippen molar-refractivity contribution in [3.05, 3.63) is 78.4 Å². The molecule has 3 unspecified atom stereocenters. The number of sulfonamides is 1. The Hall–Kier alpha value is -3.36. The minimum Gasteiger partial charge on any atom is -0.391 e. The summed E-state index contributed by atoms with van der Waals surface area (Å²) in [7, 11) is -6.61. The van der Waals surface area contributed by atoms with Gasteiger partial charge in [-0.1, -0.05) is 66.7 Å². The van der Waals surface area contributed by atoms with E-state index in [2.05, 4.69) is 15.4 Å². The van der Waals surface area contributed by atoms with Crippen LogP contribution in [0.3, 0.4) is 0 Å². The van der Waals surface area contributed by atoms with Crippen molar-refractivity contribution in [2.75, 3.05) is 19.1 Å². The van der Waals surface area contributed by atoms with E-state index in [0.717, 1.165) is 11.8 Å². The maximum atomic E-state index is 13.9. The average Bonchev–Trinajstić information content (AvgIpc) is 3.02. The molecule has 4 N–H and O–H groups in total. The number of aliphatic hydroxyl groups is 1. The number of methoxy groups -OCH3 is 1. The lowest BCUT2D eigenvalue weighted by atomic mass is 9.73. The smallest absolute Gasteiger partial charge is 0.239 e. The maximum Gasteiger partial charge on any atom is 0.239 e. The summed E-state index contributed by atoms with van der Waals surface area (Å²) in [6, 6.07) is 18.2. The topological polar surface area (TPSA) is 168 Å². The fourth-order valence-electron chi connectivity index (χ4n) is 6.58. The lowest BCUT2D eigenvalue weighted by molar-refractivity contribution is -0.132. The van der Waals surface area contributed by atoms with Gasteiger partial charge in [0.05, 0.1) is 35.2 Å². The first-order valence-corrected chi connectivity index (χ1v) is 20.0. The normalized spacial score (nSPS) is 20.7. The molecule has 1 saturated carbocycles. The predicted octanol–water partition coefficient (Wildman–Crippen LogP) is 3.36. The van der Waals surface area contributed by atoms with Crippen molar-refractivity contribution in [2.24, 2.45) is 11.8 Å². The summed E-state index contributed by atoms with van der Waals surface area (Å²) in [5.41, 5.74) is 0.339. The summed E-state index contributed by atoms with van der Waals surface area (Å²) < 4.78 is 60.2. The van der Waals surface area contributed by atoms with Gasteiger partial charge in [0.1, 0.15) is 6.04 Å². The monoisotopic (exact) mass is 715 g/mol. The summed E-state index contributed by atoms with van der Waals surface area (Å²) in [5.74, 6) is -2.53. The largest absolute Gasteiger partial charge is 0.391 e. The van der Waals surface area contributed by atoms with E-state index in [1.54, 1.807) is 43.5 Å². The van der Waals surface area contributed by atoms with Gasteiger partial charge in [0.25, 0.3) is 0 Å². The quantitative estimate of drug-likeness (QED) is 0.197. The molecule has 13 heteroatoms. The van der Waals surface area contributed by atoms with Crippen LogP contribution in [-0.4, -0.2) is 82.7 Å². The van der Waals surface area contributed by atoms with Gasteiger partial charge in [-0.25, -0.2) is 21.6 Å². The number of rotatable bonds is 14. The minimum absolute atomic E-state index is 0.0224. The van der Waals surface area contributed by atoms with Crippen LogP contribution >= 0.6 is 0 Å². The Morgan fingerprint density at radius 3 is 2.24 bits per heavy atom. The number of amides is 2. The third-order valence-electron chi connectivity index (χ3n) is 8.89. The van der Waals surface area contributed by atoms with Crippen LogP contribution in [0.1, 0.15) is 52.0 Å². The second kappa shape index (κ2) is 16.1. The van der Waals surface area contributed by atoms with Gasteiger partial charge in [-0.05, 0) is 75.8 Å². The van der Waals surface area contributed by atoms with E-state index >= 15 is 0 Å². The van der Waals surface area contributed by atoms with E-state index in [-0.39, 0.29) is 35.7 Å². The summed E-state index contributed by atoms with van der Waals surface area (Å²) in [6.07, 6.45) is 1.77. The number of aliphatic hydroxyl groups excluding tert-OH is 1. The first-order chi connectivity index (χ1) is 23.0. The van der Waals surface area contributed by atoms with Gasteiger partial charge in [-0.3, -0.25) is 9.59 Å². The molecule has 0 heterocycles. The van der Waals surface area contributed by atoms with Crippen LogP contribution in [0.5, 0.6) is 0 Å². The third-order valence-corrected chi connectivity index (χ3v) is 11.4. The van der Waals surface area contributed by atoms with Crippen LogP contribution in [0.2, 0.25) is 0 Å². The van der Waals surface area contributed by atoms with Crippen molar-refractivity contribution >= 4 is 42.4 Å². The predicted molar refractivity (Wildman–Crippen MR) is 190 cm³/mol. The maximum absolute atomic E-state index is 13.9. The fourth-order valence-corrected chi connectivity index (χ4v) is 9.05. The molecule has 49 heavy (non-hydrogen) atoms. The molecule has 4 rings (SSSR count). The van der Waals surface area contributed by atoms with E-state index < -0.39 is 61.2 Å². The number of nitrogens with one attached hydrogen (secondary N) is 3. The van der Waals surface area contributed by atoms with Gasteiger partial charge in [0.15, 0.2) is 9.84 Å². The molecule has 1 aliphatic carbocycles. The van der Waals surface area contributed by atoms with Gasteiger partial charge >= 0.3 is 0 Å². The Labute approximate surface area is 290 Å². The summed E-state index contributed by atoms with van der Waals surface area (Å²) in [6.45, 7) is 5.70. The van der Waals surface area contributed by atoms with Crippen molar-refractivity contribution in [1.82, 2.24) is 15.4 Å². The highest BCUT2D eigenvalue weighted by Crippen LogP contribution is 2.36. The second-order valence-corrected chi connectivity index (χ2v) is 17.9. The van der Waals surface area contributed by atoms with E-state index in [1.807, 2.05) is 51.1 Å². The van der Waals surface area contributed by atoms with Gasteiger partial charge < -0.3 is 20.5 Å². The fraction of sp³-hybridized carbons (Fsp3) is 0.500. The highest BCUT2D eigenvalue weighted by Gasteiger charge is 2.39. The molecular weight excluding hydrogens is 667 g/mol. The van der Waals surface area contributed by atoms with Gasteiger partial charge in [-0.2, -0.15) is 0 Å². The molecule has 0 aromatic heterocycles. The molecule has 3 aromatic carbocycles. The zero-order chi connectivity index (χ0) is 36.0. The Morgan fingerprint density at radius 1 is 0.939 bits per heavy atom. The number of hydrogen-bond acceptors (Lipinski definition) is 8. The molecule has 0 spiro atoms. The highest BCUT2D eigenvalue weighted by molar-refractivity contribution is 7.92. The molecule has 268 valence electrons. The van der Waals surface area contributed by atoms with Gasteiger partial charge in [-0.15, -0.1) is 0 Å². The SMILES string of the molecule is COC1CCC(C[C@@H](O)[C@H](Cc2ccccc2)NC(=O)[C@@H](CS(=O)(=O)c2cccc3ccccc23)NS(C)(=O)=O)C(C(=O)NC(C)(C)C)C1. The molecule has 0 saturated heterocycles. The summed E-state index contributed by atoms with van der Waals surface area (Å²) in [5, 5.41) is 18.7. The molecule has 6 atom stereocenters. The number of carbonyl (C=O) groups excluding carboxylic acids is 2. The van der Waals surface area contributed by atoms with Crippen molar-refractivity contribution < 1.29 is 36.3 Å². The lowest BCUT2D eigenvalue weighted by Gasteiger charge is -2.38. The van der Waals surface area contributed by atoms with E-state index in [9.17, 15) is 31.5 Å². The van der Waals surface area contributed by atoms with Crippen molar-refractivity contribution in [3.63, 3.8) is 0 Å². The average molecular weight is 716 g/mol. The molecule has 0 aliphatic heterocycles. The van der Waals surface area contributed by atoms with E-state index in [1.165, 1.54) is 6.07 Å². The minimum atomic E-state index is -4.19. The highest BCUT2D eigenvalue weighted by atomic mass is 32.2. The number of benzene rings is 3. The zero-order valence-corrected chi connectivity index (χ0v) is 30.4. The van der Waals surface area contributed by atoms with Gasteiger partial charge in [0, 0.05) is 24.0 Å². The molecule has 2 amide bonds. The van der Waals surface area contributed by atoms with Crippen molar-refractivity contribution in [3.8, 4) is 0 Å². The van der Waals surface area contributed by atoms with E-state index in [4.69, 9.17) is 4.74 Å². The van der Waals surface area contributed by atoms with Crippen LogP contribution in [0.15, 0.2) is 77.7 Å². The summed E-state index contributed by atoms with van der Waals surface area (Å²) in [4.78, 5) is 27.3.